The minimum atomic E-state index is 0.0314. The predicted molar refractivity (Wildman–Crippen MR) is 70.9 cm³/mol. The van der Waals surface area contributed by atoms with Crippen LogP contribution in [0.4, 0.5) is 0 Å². The van der Waals surface area contributed by atoms with Gasteiger partial charge in [0, 0.05) is 18.6 Å². The first-order chi connectivity index (χ1) is 7.32. The van der Waals surface area contributed by atoms with E-state index in [1.807, 2.05) is 0 Å². The largest absolute Gasteiger partial charge is 0.330 e. The molecule has 0 amide bonds. The number of hydrogen-bond donors (Lipinski definition) is 4. The first-order valence-corrected chi connectivity index (χ1v) is 6.24. The van der Waals surface area contributed by atoms with Crippen molar-refractivity contribution in [2.24, 2.45) is 34.3 Å². The van der Waals surface area contributed by atoms with E-state index < -0.39 is 0 Å². The summed E-state index contributed by atoms with van der Waals surface area (Å²) in [4.78, 5) is 0. The zero-order chi connectivity index (χ0) is 12.8. The quantitative estimate of drug-likeness (QED) is 0.508. The smallest absolute Gasteiger partial charge is 0.0197 e. The highest BCUT2D eigenvalue weighted by atomic mass is 14.8. The molecule has 0 bridgehead atoms. The Bertz CT molecular complexity index is 176. The van der Waals surface area contributed by atoms with E-state index in [0.29, 0.717) is 19.0 Å². The molecule has 0 aromatic carbocycles. The lowest BCUT2D eigenvalue weighted by molar-refractivity contribution is 0.177. The Morgan fingerprint density at radius 2 is 1.62 bits per heavy atom. The molecule has 4 nitrogen and oxygen atoms in total. The highest BCUT2D eigenvalue weighted by Gasteiger charge is 2.30. The molecule has 0 radical (unpaired) electrons. The number of hydrogen-bond acceptors (Lipinski definition) is 4. The summed E-state index contributed by atoms with van der Waals surface area (Å²) in [6.07, 6.45) is 2.89. The Balaban J connectivity index is 4.32. The average Bonchev–Trinajstić information content (AvgIpc) is 2.20. The van der Waals surface area contributed by atoms with Crippen LogP contribution in [-0.2, 0) is 0 Å². The molecule has 0 aliphatic heterocycles. The zero-order valence-corrected chi connectivity index (χ0v) is 11.1. The highest BCUT2D eigenvalue weighted by molar-refractivity contribution is 4.86. The molecule has 0 aliphatic rings. The van der Waals surface area contributed by atoms with E-state index in [1.54, 1.807) is 0 Å². The van der Waals surface area contributed by atoms with Gasteiger partial charge in [0.15, 0.2) is 0 Å². The van der Waals surface area contributed by atoms with Crippen LogP contribution in [0, 0.1) is 11.3 Å². The molecule has 0 aromatic rings. The van der Waals surface area contributed by atoms with Crippen LogP contribution in [0.5, 0.6) is 0 Å². The van der Waals surface area contributed by atoms with Gasteiger partial charge in [-0.1, -0.05) is 20.8 Å². The van der Waals surface area contributed by atoms with E-state index in [4.69, 9.17) is 22.9 Å². The van der Waals surface area contributed by atoms with Crippen LogP contribution in [-0.4, -0.2) is 25.2 Å². The molecule has 3 atom stereocenters. The summed E-state index contributed by atoms with van der Waals surface area (Å²) >= 11 is 0. The molecule has 3 unspecified atom stereocenters. The molecule has 0 fully saturated rings. The Labute approximate surface area is 100 Å². The molecule has 0 aromatic heterocycles. The fourth-order valence-electron chi connectivity index (χ4n) is 2.16. The van der Waals surface area contributed by atoms with E-state index in [1.165, 1.54) is 0 Å². The molecule has 16 heavy (non-hydrogen) atoms. The second kappa shape index (κ2) is 7.22. The van der Waals surface area contributed by atoms with E-state index in [0.717, 1.165) is 19.3 Å². The molecular weight excluding hydrogens is 200 g/mol. The molecule has 0 aliphatic carbocycles. The minimum Gasteiger partial charge on any atom is -0.330 e. The first-order valence-electron chi connectivity index (χ1n) is 6.24. The van der Waals surface area contributed by atoms with Gasteiger partial charge in [0.25, 0.3) is 0 Å². The molecule has 0 spiro atoms. The van der Waals surface area contributed by atoms with Crippen molar-refractivity contribution in [2.75, 3.05) is 13.1 Å². The van der Waals surface area contributed by atoms with Gasteiger partial charge in [-0.05, 0) is 37.1 Å². The van der Waals surface area contributed by atoms with Gasteiger partial charge in [0.2, 0.25) is 0 Å². The van der Waals surface area contributed by atoms with Gasteiger partial charge in [0.05, 0.1) is 0 Å². The summed E-state index contributed by atoms with van der Waals surface area (Å²) in [5.74, 6) is 0.366. The van der Waals surface area contributed by atoms with Gasteiger partial charge in [-0.25, -0.2) is 0 Å². The topological polar surface area (TPSA) is 104 Å². The second-order valence-corrected chi connectivity index (χ2v) is 5.80. The maximum absolute atomic E-state index is 6.10. The molecule has 0 rings (SSSR count). The summed E-state index contributed by atoms with van der Waals surface area (Å²) in [5.41, 5.74) is 23.5. The van der Waals surface area contributed by atoms with Crippen LogP contribution in [0.15, 0.2) is 0 Å². The monoisotopic (exact) mass is 230 g/mol. The predicted octanol–water partition coefficient (Wildman–Crippen LogP) is 0.391. The normalized spacial score (nSPS) is 18.2. The Morgan fingerprint density at radius 1 is 1.06 bits per heavy atom. The van der Waals surface area contributed by atoms with Gasteiger partial charge in [-0.15, -0.1) is 0 Å². The molecule has 0 saturated heterocycles. The third-order valence-electron chi connectivity index (χ3n) is 3.24. The van der Waals surface area contributed by atoms with Gasteiger partial charge in [0.1, 0.15) is 0 Å². The second-order valence-electron chi connectivity index (χ2n) is 5.80. The SMILES string of the molecule is CC(C)(C)C(CC(N)CCCN)C(N)CN. The van der Waals surface area contributed by atoms with Crippen LogP contribution in [0.25, 0.3) is 0 Å². The maximum atomic E-state index is 6.10. The van der Waals surface area contributed by atoms with Crippen molar-refractivity contribution in [1.82, 2.24) is 0 Å². The van der Waals surface area contributed by atoms with Crippen molar-refractivity contribution in [3.8, 4) is 0 Å². The highest BCUT2D eigenvalue weighted by Crippen LogP contribution is 2.31. The number of nitrogens with two attached hydrogens (primary N) is 4. The van der Waals surface area contributed by atoms with Crippen molar-refractivity contribution in [3.63, 3.8) is 0 Å². The lowest BCUT2D eigenvalue weighted by atomic mass is 9.73. The Kier molecular flexibility index (Phi) is 7.15. The van der Waals surface area contributed by atoms with E-state index in [9.17, 15) is 0 Å². The zero-order valence-electron chi connectivity index (χ0n) is 11.1. The summed E-state index contributed by atoms with van der Waals surface area (Å²) in [5, 5.41) is 0. The summed E-state index contributed by atoms with van der Waals surface area (Å²) in [6, 6.07) is 0.217. The van der Waals surface area contributed by atoms with Crippen LogP contribution in [0.1, 0.15) is 40.0 Å². The van der Waals surface area contributed by atoms with Gasteiger partial charge < -0.3 is 22.9 Å². The molecule has 8 N–H and O–H groups in total. The van der Waals surface area contributed by atoms with E-state index in [-0.39, 0.29) is 17.5 Å². The molecular formula is C12H30N4. The third kappa shape index (κ3) is 5.80. The first kappa shape index (κ1) is 15.8. The van der Waals surface area contributed by atoms with E-state index >= 15 is 0 Å². The molecule has 0 saturated carbocycles. The summed E-state index contributed by atoms with van der Waals surface area (Å²) in [6.45, 7) is 7.82. The lowest BCUT2D eigenvalue weighted by Crippen LogP contribution is -2.46. The van der Waals surface area contributed by atoms with Crippen LogP contribution in [0.3, 0.4) is 0 Å². The van der Waals surface area contributed by atoms with E-state index in [2.05, 4.69) is 20.8 Å². The summed E-state index contributed by atoms with van der Waals surface area (Å²) in [7, 11) is 0. The molecule has 0 heterocycles. The van der Waals surface area contributed by atoms with Gasteiger partial charge in [-0.3, -0.25) is 0 Å². The molecule has 4 heteroatoms. The lowest BCUT2D eigenvalue weighted by Gasteiger charge is -2.36. The van der Waals surface area contributed by atoms with Crippen LogP contribution >= 0.6 is 0 Å². The van der Waals surface area contributed by atoms with Crippen molar-refractivity contribution in [3.05, 3.63) is 0 Å². The third-order valence-corrected chi connectivity index (χ3v) is 3.24. The van der Waals surface area contributed by atoms with Crippen molar-refractivity contribution in [2.45, 2.75) is 52.1 Å². The van der Waals surface area contributed by atoms with Crippen molar-refractivity contribution >= 4 is 0 Å². The fraction of sp³-hybridized carbons (Fsp3) is 1.00. The molecule has 98 valence electrons. The maximum Gasteiger partial charge on any atom is 0.0197 e. The Hall–Kier alpha value is -0.160. The fourth-order valence-corrected chi connectivity index (χ4v) is 2.16. The standard InChI is InChI=1S/C12H30N4/c1-12(2,3)10(11(16)8-14)7-9(15)5-4-6-13/h9-11H,4-8,13-16H2,1-3H3. The minimum absolute atomic E-state index is 0.0314. The average molecular weight is 230 g/mol. The number of rotatable bonds is 7. The van der Waals surface area contributed by atoms with Crippen LogP contribution < -0.4 is 22.9 Å². The van der Waals surface area contributed by atoms with Crippen molar-refractivity contribution < 1.29 is 0 Å². The Morgan fingerprint density at radius 3 is 2.00 bits per heavy atom. The van der Waals surface area contributed by atoms with Crippen LogP contribution in [0.2, 0.25) is 0 Å². The van der Waals surface area contributed by atoms with Crippen molar-refractivity contribution in [1.29, 1.82) is 0 Å². The summed E-state index contributed by atoms with van der Waals surface area (Å²) < 4.78 is 0. The van der Waals surface area contributed by atoms with Gasteiger partial charge >= 0.3 is 0 Å². The van der Waals surface area contributed by atoms with Gasteiger partial charge in [-0.2, -0.15) is 0 Å².